The van der Waals surface area contributed by atoms with Gasteiger partial charge in [-0.15, -0.1) is 20.4 Å². The van der Waals surface area contributed by atoms with Gasteiger partial charge in [0.05, 0.1) is 39.6 Å². The minimum absolute atomic E-state index is 0.0694. The third kappa shape index (κ3) is 8.82. The number of rotatable bonds is 21. The summed E-state index contributed by atoms with van der Waals surface area (Å²) in [5.41, 5.74) is 1.22. The van der Waals surface area contributed by atoms with Crippen LogP contribution in [0, 0.1) is 0 Å². The minimum atomic E-state index is 0.0694. The monoisotopic (exact) mass is 638 g/mol. The lowest BCUT2D eigenvalue weighted by Crippen LogP contribution is -2.05. The fourth-order valence-corrected chi connectivity index (χ4v) is 4.22. The van der Waals surface area contributed by atoms with E-state index in [0.717, 1.165) is 38.5 Å². The van der Waals surface area contributed by atoms with Crippen LogP contribution in [0.1, 0.15) is 80.1 Å². The van der Waals surface area contributed by atoms with Crippen LogP contribution in [0.3, 0.4) is 0 Å². The number of hydrogen-bond donors (Lipinski definition) is 0. The molecule has 0 saturated heterocycles. The molecule has 0 bridgehead atoms. The first-order chi connectivity index (χ1) is 22.6. The van der Waals surface area contributed by atoms with Gasteiger partial charge in [-0.3, -0.25) is 0 Å². The van der Waals surface area contributed by atoms with Gasteiger partial charge in [0.1, 0.15) is 0 Å². The molecular weight excluding hydrogens is 592 g/mol. The molecule has 0 N–H and O–H groups in total. The van der Waals surface area contributed by atoms with Crippen molar-refractivity contribution in [3.8, 4) is 69.2 Å². The van der Waals surface area contributed by atoms with E-state index in [1.165, 1.54) is 0 Å². The Morgan fingerprint density at radius 2 is 0.652 bits per heavy atom. The second kappa shape index (κ2) is 17.9. The molecule has 0 aliphatic heterocycles. The van der Waals surface area contributed by atoms with Crippen LogP contribution in [0.5, 0.6) is 34.5 Å². The Kier molecular flexibility index (Phi) is 13.4. The molecule has 0 atom stereocenters. The SMILES string of the molecule is CCCOc1cc(-c2nnc(-c3nnc(-c4cc(OCCC)c(OCCC)c(OCCC)c4)o3)o2)cc(OCCC)c1OCCC. The van der Waals surface area contributed by atoms with Gasteiger partial charge in [-0.05, 0) is 62.8 Å². The lowest BCUT2D eigenvalue weighted by atomic mass is 10.1. The molecule has 2 heterocycles. The molecule has 250 valence electrons. The number of benzene rings is 2. The van der Waals surface area contributed by atoms with E-state index in [-0.39, 0.29) is 23.6 Å². The maximum Gasteiger partial charge on any atom is 0.306 e. The molecule has 2 aromatic heterocycles. The first-order valence-corrected chi connectivity index (χ1v) is 16.4. The molecule has 0 fully saturated rings. The van der Waals surface area contributed by atoms with Gasteiger partial charge >= 0.3 is 11.8 Å². The predicted octanol–water partition coefficient (Wildman–Crippen LogP) is 8.19. The normalized spacial score (nSPS) is 11.0. The summed E-state index contributed by atoms with van der Waals surface area (Å²) in [6.07, 6.45) is 5.02. The Hall–Kier alpha value is -4.48. The molecule has 0 aliphatic carbocycles. The smallest absolute Gasteiger partial charge is 0.306 e. The second-order valence-corrected chi connectivity index (χ2v) is 10.5. The van der Waals surface area contributed by atoms with Crippen LogP contribution in [0.15, 0.2) is 33.1 Å². The quantitative estimate of drug-likeness (QED) is 0.0871. The van der Waals surface area contributed by atoms with E-state index in [0.29, 0.717) is 85.3 Å². The molecule has 46 heavy (non-hydrogen) atoms. The Balaban J connectivity index is 1.68. The number of hydrogen-bond acceptors (Lipinski definition) is 12. The lowest BCUT2D eigenvalue weighted by Gasteiger charge is -2.17. The van der Waals surface area contributed by atoms with Crippen LogP contribution >= 0.6 is 0 Å². The van der Waals surface area contributed by atoms with Crippen molar-refractivity contribution in [3.05, 3.63) is 24.3 Å². The van der Waals surface area contributed by atoms with Crippen molar-refractivity contribution < 1.29 is 37.3 Å². The van der Waals surface area contributed by atoms with Crippen molar-refractivity contribution in [2.45, 2.75) is 80.1 Å². The van der Waals surface area contributed by atoms with Crippen molar-refractivity contribution in [3.63, 3.8) is 0 Å². The van der Waals surface area contributed by atoms with Crippen LogP contribution in [0.4, 0.5) is 0 Å². The third-order valence-corrected chi connectivity index (χ3v) is 6.32. The summed E-state index contributed by atoms with van der Waals surface area (Å²) in [6.45, 7) is 15.4. The van der Waals surface area contributed by atoms with Gasteiger partial charge in [0, 0.05) is 11.1 Å². The lowest BCUT2D eigenvalue weighted by molar-refractivity contribution is 0.243. The molecule has 12 nitrogen and oxygen atoms in total. The summed E-state index contributed by atoms with van der Waals surface area (Å²) in [5.74, 6) is 3.93. The highest BCUT2D eigenvalue weighted by atomic mass is 16.5. The van der Waals surface area contributed by atoms with Crippen molar-refractivity contribution in [1.29, 1.82) is 0 Å². The summed E-state index contributed by atoms with van der Waals surface area (Å²) in [6, 6.07) is 7.25. The maximum absolute atomic E-state index is 6.04. The molecule has 4 rings (SSSR count). The van der Waals surface area contributed by atoms with Gasteiger partial charge in [-0.25, -0.2) is 0 Å². The van der Waals surface area contributed by atoms with Crippen molar-refractivity contribution in [1.82, 2.24) is 20.4 Å². The fraction of sp³-hybridized carbons (Fsp3) is 0.529. The average Bonchev–Trinajstić information content (AvgIpc) is 3.77. The summed E-state index contributed by atoms with van der Waals surface area (Å²) >= 11 is 0. The average molecular weight is 639 g/mol. The van der Waals surface area contributed by atoms with Crippen molar-refractivity contribution in [2.75, 3.05) is 39.6 Å². The van der Waals surface area contributed by atoms with E-state index in [1.54, 1.807) is 0 Å². The zero-order valence-electron chi connectivity index (χ0n) is 27.8. The standard InChI is InChI=1S/C34H46N4O8/c1-7-13-39-25-19-23(20-26(40-14-8-2)29(25)43-17-11-5)31-35-37-33(45-31)34-38-36-32(46-34)24-21-27(41-15-9-3)30(44-18-12-6)28(22-24)42-16-10-4/h19-22H,7-18H2,1-6H3. The number of nitrogens with zero attached hydrogens (tertiary/aromatic N) is 4. The molecule has 12 heteroatoms. The third-order valence-electron chi connectivity index (χ3n) is 6.32. The zero-order valence-corrected chi connectivity index (χ0v) is 27.8. The van der Waals surface area contributed by atoms with Crippen LogP contribution in [-0.2, 0) is 0 Å². The Morgan fingerprint density at radius 3 is 0.935 bits per heavy atom. The molecule has 2 aromatic carbocycles. The first-order valence-electron chi connectivity index (χ1n) is 16.4. The summed E-state index contributed by atoms with van der Waals surface area (Å²) < 4.78 is 48.3. The molecular formula is C34H46N4O8. The van der Waals surface area contributed by atoms with E-state index < -0.39 is 0 Å². The van der Waals surface area contributed by atoms with E-state index in [9.17, 15) is 0 Å². The van der Waals surface area contributed by atoms with Crippen molar-refractivity contribution in [2.24, 2.45) is 0 Å². The van der Waals surface area contributed by atoms with Gasteiger partial charge < -0.3 is 37.3 Å². The number of aromatic nitrogens is 4. The predicted molar refractivity (Wildman–Crippen MR) is 173 cm³/mol. The van der Waals surface area contributed by atoms with Crippen LogP contribution in [0.2, 0.25) is 0 Å². The highest BCUT2D eigenvalue weighted by Crippen LogP contribution is 2.44. The largest absolute Gasteiger partial charge is 0.490 e. The summed E-state index contributed by atoms with van der Waals surface area (Å²) in [5, 5.41) is 16.9. The van der Waals surface area contributed by atoms with E-state index >= 15 is 0 Å². The van der Waals surface area contributed by atoms with E-state index in [4.69, 9.17) is 37.3 Å². The summed E-state index contributed by atoms with van der Waals surface area (Å²) in [7, 11) is 0. The first kappa shape index (κ1) is 34.4. The molecule has 4 aromatic rings. The summed E-state index contributed by atoms with van der Waals surface area (Å²) in [4.78, 5) is 0. The van der Waals surface area contributed by atoms with Gasteiger partial charge in [-0.2, -0.15) is 0 Å². The van der Waals surface area contributed by atoms with Gasteiger partial charge in [-0.1, -0.05) is 41.5 Å². The Morgan fingerprint density at radius 1 is 0.391 bits per heavy atom. The van der Waals surface area contributed by atoms with Crippen LogP contribution in [0.25, 0.3) is 34.7 Å². The highest BCUT2D eigenvalue weighted by Gasteiger charge is 2.24. The van der Waals surface area contributed by atoms with Crippen molar-refractivity contribution >= 4 is 0 Å². The maximum atomic E-state index is 6.04. The van der Waals surface area contributed by atoms with Gasteiger partial charge in [0.25, 0.3) is 0 Å². The zero-order chi connectivity index (χ0) is 32.7. The molecule has 0 aliphatic rings. The number of ether oxygens (including phenoxy) is 6. The van der Waals surface area contributed by atoms with Gasteiger partial charge in [0.15, 0.2) is 23.0 Å². The van der Waals surface area contributed by atoms with Crippen LogP contribution < -0.4 is 28.4 Å². The van der Waals surface area contributed by atoms with E-state index in [2.05, 4.69) is 20.4 Å². The van der Waals surface area contributed by atoms with E-state index in [1.807, 2.05) is 65.8 Å². The Bertz CT molecular complexity index is 1330. The molecule has 0 saturated carbocycles. The second-order valence-electron chi connectivity index (χ2n) is 10.5. The molecule has 0 amide bonds. The Labute approximate surface area is 270 Å². The molecule has 0 spiro atoms. The topological polar surface area (TPSA) is 133 Å². The molecule has 0 radical (unpaired) electrons. The van der Waals surface area contributed by atoms with Gasteiger partial charge in [0.2, 0.25) is 23.3 Å². The fourth-order valence-electron chi connectivity index (χ4n) is 4.22. The van der Waals surface area contributed by atoms with Crippen LogP contribution in [-0.4, -0.2) is 60.0 Å². The minimum Gasteiger partial charge on any atom is -0.490 e. The highest BCUT2D eigenvalue weighted by molar-refractivity contribution is 5.67. The molecule has 0 unspecified atom stereocenters.